The van der Waals surface area contributed by atoms with Gasteiger partial charge >= 0.3 is 0 Å². The van der Waals surface area contributed by atoms with Crippen molar-refractivity contribution in [2.24, 2.45) is 0 Å². The van der Waals surface area contributed by atoms with E-state index in [2.05, 4.69) is 15.3 Å². The van der Waals surface area contributed by atoms with Gasteiger partial charge in [0.25, 0.3) is 5.91 Å². The van der Waals surface area contributed by atoms with Crippen LogP contribution in [0.1, 0.15) is 15.9 Å². The zero-order valence-corrected chi connectivity index (χ0v) is 17.5. The number of halogens is 1. The molecule has 0 aliphatic carbocycles. The Morgan fingerprint density at radius 3 is 2.81 bits per heavy atom. The molecule has 4 aromatic rings. The molecule has 6 nitrogen and oxygen atoms in total. The largest absolute Gasteiger partial charge is 0.439 e. The van der Waals surface area contributed by atoms with Gasteiger partial charge in [0.1, 0.15) is 11.6 Å². The first-order valence-electron chi connectivity index (χ1n) is 9.47. The molecule has 1 N–H and O–H groups in total. The van der Waals surface area contributed by atoms with Gasteiger partial charge in [0.2, 0.25) is 5.88 Å². The molecule has 156 valence electrons. The minimum Gasteiger partial charge on any atom is -0.439 e. The maximum Gasteiger partial charge on any atom is 0.251 e. The summed E-state index contributed by atoms with van der Waals surface area (Å²) < 4.78 is 21.1. The van der Waals surface area contributed by atoms with Crippen LogP contribution in [-0.2, 0) is 6.54 Å². The summed E-state index contributed by atoms with van der Waals surface area (Å²) in [5.41, 5.74) is 2.05. The van der Waals surface area contributed by atoms with E-state index in [1.807, 2.05) is 35.2 Å². The molecule has 4 rings (SSSR count). The summed E-state index contributed by atoms with van der Waals surface area (Å²) in [6.45, 7) is 0.211. The summed E-state index contributed by atoms with van der Waals surface area (Å²) >= 11 is 1.53. The molecule has 31 heavy (non-hydrogen) atoms. The normalized spacial score (nSPS) is 10.6. The SMILES string of the molecule is CSc1nccn1-c1cccc(C(=O)NCc2cccnc2Oc2cccc(F)c2)c1. The van der Waals surface area contributed by atoms with Crippen molar-refractivity contribution < 1.29 is 13.9 Å². The third-order valence-electron chi connectivity index (χ3n) is 4.48. The minimum absolute atomic E-state index is 0.211. The zero-order valence-electron chi connectivity index (χ0n) is 16.7. The van der Waals surface area contributed by atoms with E-state index in [9.17, 15) is 9.18 Å². The Labute approximate surface area is 183 Å². The van der Waals surface area contributed by atoms with Gasteiger partial charge in [0.15, 0.2) is 5.16 Å². The maximum absolute atomic E-state index is 13.4. The van der Waals surface area contributed by atoms with Crippen LogP contribution >= 0.6 is 11.8 Å². The Morgan fingerprint density at radius 2 is 1.97 bits per heavy atom. The minimum atomic E-state index is -0.398. The number of amides is 1. The number of carbonyl (C=O) groups is 1. The van der Waals surface area contributed by atoms with E-state index in [0.29, 0.717) is 22.8 Å². The molecule has 0 fully saturated rings. The van der Waals surface area contributed by atoms with E-state index in [4.69, 9.17) is 4.74 Å². The van der Waals surface area contributed by atoms with Gasteiger partial charge in [-0.3, -0.25) is 9.36 Å². The van der Waals surface area contributed by atoms with E-state index in [1.165, 1.54) is 23.9 Å². The number of rotatable bonds is 7. The van der Waals surface area contributed by atoms with Crippen LogP contribution in [0.15, 0.2) is 84.4 Å². The van der Waals surface area contributed by atoms with Crippen LogP contribution in [0.4, 0.5) is 4.39 Å². The van der Waals surface area contributed by atoms with Crippen LogP contribution in [0.3, 0.4) is 0 Å². The van der Waals surface area contributed by atoms with Crippen LogP contribution in [0.2, 0.25) is 0 Å². The number of pyridine rings is 1. The number of hydrogen-bond acceptors (Lipinski definition) is 5. The molecule has 0 aliphatic heterocycles. The molecule has 0 bridgehead atoms. The summed E-state index contributed by atoms with van der Waals surface area (Å²) in [6.07, 6.45) is 7.11. The van der Waals surface area contributed by atoms with Gasteiger partial charge in [-0.05, 0) is 42.7 Å². The highest BCUT2D eigenvalue weighted by molar-refractivity contribution is 7.98. The average Bonchev–Trinajstić information content (AvgIpc) is 3.27. The highest BCUT2D eigenvalue weighted by atomic mass is 32.2. The molecule has 2 heterocycles. The van der Waals surface area contributed by atoms with Crippen LogP contribution in [0.25, 0.3) is 5.69 Å². The monoisotopic (exact) mass is 434 g/mol. The van der Waals surface area contributed by atoms with Crippen molar-refractivity contribution in [3.63, 3.8) is 0 Å². The summed E-state index contributed by atoms with van der Waals surface area (Å²) in [4.78, 5) is 21.3. The number of benzene rings is 2. The standard InChI is InChI=1S/C23H19FN4O2S/c1-31-23-26-11-12-28(23)19-8-2-5-16(13-19)21(29)27-15-17-6-4-10-25-22(17)30-20-9-3-7-18(24)14-20/h2-14H,15H2,1H3,(H,27,29). The first kappa shape index (κ1) is 20.6. The van der Waals surface area contributed by atoms with Gasteiger partial charge in [0.05, 0.1) is 0 Å². The van der Waals surface area contributed by atoms with Crippen molar-refractivity contribution in [1.82, 2.24) is 19.9 Å². The molecule has 8 heteroatoms. The number of nitrogens with zero attached hydrogens (tertiary/aromatic N) is 3. The predicted molar refractivity (Wildman–Crippen MR) is 117 cm³/mol. The second kappa shape index (κ2) is 9.44. The zero-order chi connectivity index (χ0) is 21.6. The van der Waals surface area contributed by atoms with Crippen molar-refractivity contribution in [3.8, 4) is 17.3 Å². The topological polar surface area (TPSA) is 69.0 Å². The van der Waals surface area contributed by atoms with Crippen molar-refractivity contribution in [2.45, 2.75) is 11.7 Å². The van der Waals surface area contributed by atoms with E-state index in [0.717, 1.165) is 10.8 Å². The number of aromatic nitrogens is 3. The Morgan fingerprint density at radius 1 is 1.10 bits per heavy atom. The van der Waals surface area contributed by atoms with Crippen LogP contribution < -0.4 is 10.1 Å². The summed E-state index contributed by atoms with van der Waals surface area (Å²) in [6, 6.07) is 16.7. The van der Waals surface area contributed by atoms with E-state index < -0.39 is 5.82 Å². The highest BCUT2D eigenvalue weighted by Gasteiger charge is 2.12. The molecule has 0 radical (unpaired) electrons. The average molecular weight is 434 g/mol. The lowest BCUT2D eigenvalue weighted by Gasteiger charge is -2.12. The smallest absolute Gasteiger partial charge is 0.251 e. The Hall–Kier alpha value is -3.65. The lowest BCUT2D eigenvalue weighted by molar-refractivity contribution is 0.0950. The molecule has 2 aromatic heterocycles. The fourth-order valence-electron chi connectivity index (χ4n) is 3.00. The number of nitrogens with one attached hydrogen (secondary N) is 1. The van der Waals surface area contributed by atoms with E-state index in [1.54, 1.807) is 42.7 Å². The second-order valence-corrected chi connectivity index (χ2v) is 7.32. The number of hydrogen-bond donors (Lipinski definition) is 1. The highest BCUT2D eigenvalue weighted by Crippen LogP contribution is 2.24. The summed E-state index contributed by atoms with van der Waals surface area (Å²) in [5, 5.41) is 3.73. The summed E-state index contributed by atoms with van der Waals surface area (Å²) in [7, 11) is 0. The Bertz CT molecular complexity index is 1210. The lowest BCUT2D eigenvalue weighted by atomic mass is 10.1. The third-order valence-corrected chi connectivity index (χ3v) is 5.14. The van der Waals surface area contributed by atoms with E-state index >= 15 is 0 Å². The quantitative estimate of drug-likeness (QED) is 0.421. The van der Waals surface area contributed by atoms with Crippen LogP contribution in [0.5, 0.6) is 11.6 Å². The van der Waals surface area contributed by atoms with Gasteiger partial charge in [-0.25, -0.2) is 14.4 Å². The predicted octanol–water partition coefficient (Wildman–Crippen LogP) is 4.85. The van der Waals surface area contributed by atoms with Crippen LogP contribution in [0, 0.1) is 5.82 Å². The molecule has 0 saturated carbocycles. The molecule has 0 saturated heterocycles. The summed E-state index contributed by atoms with van der Waals surface area (Å²) in [5.74, 6) is 0.0213. The number of ether oxygens (including phenoxy) is 1. The van der Waals surface area contributed by atoms with Crippen molar-refractivity contribution in [1.29, 1.82) is 0 Å². The van der Waals surface area contributed by atoms with Crippen molar-refractivity contribution in [3.05, 3.63) is 96.2 Å². The Balaban J connectivity index is 1.48. The Kier molecular flexibility index (Phi) is 6.28. The van der Waals surface area contributed by atoms with Crippen LogP contribution in [-0.4, -0.2) is 26.7 Å². The van der Waals surface area contributed by atoms with Gasteiger partial charge in [-0.2, -0.15) is 0 Å². The first-order chi connectivity index (χ1) is 15.1. The molecule has 0 unspecified atom stereocenters. The maximum atomic E-state index is 13.4. The fourth-order valence-corrected chi connectivity index (χ4v) is 3.53. The van der Waals surface area contributed by atoms with E-state index in [-0.39, 0.29) is 12.5 Å². The van der Waals surface area contributed by atoms with Gasteiger partial charge in [0, 0.05) is 48.0 Å². The fraction of sp³-hybridized carbons (Fsp3) is 0.0870. The molecular formula is C23H19FN4O2S. The molecule has 1 amide bonds. The van der Waals surface area contributed by atoms with Gasteiger partial charge < -0.3 is 10.1 Å². The van der Waals surface area contributed by atoms with Gasteiger partial charge in [-0.1, -0.05) is 30.0 Å². The van der Waals surface area contributed by atoms with Gasteiger partial charge in [-0.15, -0.1) is 0 Å². The number of thioether (sulfide) groups is 1. The molecular weight excluding hydrogens is 415 g/mol. The number of carbonyl (C=O) groups excluding carboxylic acids is 1. The molecule has 2 aromatic carbocycles. The third kappa shape index (κ3) is 4.92. The first-order valence-corrected chi connectivity index (χ1v) is 10.7. The molecule has 0 aliphatic rings. The van der Waals surface area contributed by atoms with Crippen molar-refractivity contribution >= 4 is 17.7 Å². The second-order valence-electron chi connectivity index (χ2n) is 6.54. The lowest BCUT2D eigenvalue weighted by Crippen LogP contribution is -2.23. The molecule has 0 atom stereocenters. The number of imidazole rings is 1. The van der Waals surface area contributed by atoms with Crippen molar-refractivity contribution in [2.75, 3.05) is 6.26 Å². The molecule has 0 spiro atoms.